The minimum Gasteiger partial charge on any atom is -0.414 e. The van der Waals surface area contributed by atoms with Crippen LogP contribution in [0.2, 0.25) is 0 Å². The largest absolute Gasteiger partial charge is 0.414 e. The van der Waals surface area contributed by atoms with Crippen LogP contribution in [0, 0.1) is 0 Å². The monoisotopic (exact) mass is 306 g/mol. The molecule has 0 spiro atoms. The summed E-state index contributed by atoms with van der Waals surface area (Å²) in [7, 11) is 0. The second-order valence-electron chi connectivity index (χ2n) is 4.08. The molecule has 0 bridgehead atoms. The third-order valence-electron chi connectivity index (χ3n) is 2.51. The summed E-state index contributed by atoms with van der Waals surface area (Å²) >= 11 is 1.33. The molecule has 0 saturated carbocycles. The topological polar surface area (TPSA) is 97.1 Å². The number of nitrogens with zero attached hydrogens (tertiary/aromatic N) is 2. The first kappa shape index (κ1) is 15.0. The molecule has 0 atom stereocenters. The van der Waals surface area contributed by atoms with E-state index in [9.17, 15) is 9.59 Å². The SMILES string of the molecule is CSc1nnc(CNC(=O)c2ccccc2NC(C)=O)o1. The molecule has 1 aromatic heterocycles. The first-order valence-electron chi connectivity index (χ1n) is 6.11. The molecule has 21 heavy (non-hydrogen) atoms. The fourth-order valence-corrected chi connectivity index (χ4v) is 1.93. The predicted octanol–water partition coefficient (Wildman–Crippen LogP) is 1.68. The molecular weight excluding hydrogens is 292 g/mol. The highest BCUT2D eigenvalue weighted by atomic mass is 32.2. The van der Waals surface area contributed by atoms with Gasteiger partial charge in [0.05, 0.1) is 17.8 Å². The number of amides is 2. The normalized spacial score (nSPS) is 10.2. The number of aromatic nitrogens is 2. The summed E-state index contributed by atoms with van der Waals surface area (Å²) < 4.78 is 5.27. The van der Waals surface area contributed by atoms with E-state index in [0.29, 0.717) is 22.4 Å². The van der Waals surface area contributed by atoms with Gasteiger partial charge in [0.15, 0.2) is 0 Å². The number of benzene rings is 1. The van der Waals surface area contributed by atoms with Crippen molar-refractivity contribution in [2.75, 3.05) is 11.6 Å². The predicted molar refractivity (Wildman–Crippen MR) is 78.0 cm³/mol. The van der Waals surface area contributed by atoms with Gasteiger partial charge in [-0.05, 0) is 18.4 Å². The Morgan fingerprint density at radius 3 is 2.71 bits per heavy atom. The average molecular weight is 306 g/mol. The van der Waals surface area contributed by atoms with Crippen molar-refractivity contribution in [3.05, 3.63) is 35.7 Å². The number of hydrogen-bond acceptors (Lipinski definition) is 6. The zero-order chi connectivity index (χ0) is 15.2. The van der Waals surface area contributed by atoms with Crippen molar-refractivity contribution in [3.8, 4) is 0 Å². The van der Waals surface area contributed by atoms with Gasteiger partial charge in [-0.15, -0.1) is 10.2 Å². The molecule has 0 aliphatic carbocycles. The summed E-state index contributed by atoms with van der Waals surface area (Å²) in [6.45, 7) is 1.51. The third kappa shape index (κ3) is 4.06. The molecule has 2 aromatic rings. The molecule has 0 aliphatic heterocycles. The van der Waals surface area contributed by atoms with E-state index in [4.69, 9.17) is 4.42 Å². The second kappa shape index (κ2) is 6.89. The van der Waals surface area contributed by atoms with E-state index in [1.807, 2.05) is 6.26 Å². The van der Waals surface area contributed by atoms with Crippen LogP contribution in [0.25, 0.3) is 0 Å². The Hall–Kier alpha value is -2.35. The van der Waals surface area contributed by atoms with Crippen LogP contribution in [0.1, 0.15) is 23.2 Å². The quantitative estimate of drug-likeness (QED) is 0.816. The maximum Gasteiger partial charge on any atom is 0.276 e. The van der Waals surface area contributed by atoms with Crippen molar-refractivity contribution in [2.24, 2.45) is 0 Å². The van der Waals surface area contributed by atoms with Gasteiger partial charge in [0.2, 0.25) is 11.8 Å². The zero-order valence-corrected chi connectivity index (χ0v) is 12.4. The van der Waals surface area contributed by atoms with Gasteiger partial charge in [0.1, 0.15) is 0 Å². The van der Waals surface area contributed by atoms with Crippen molar-refractivity contribution < 1.29 is 14.0 Å². The molecule has 1 heterocycles. The highest BCUT2D eigenvalue weighted by Gasteiger charge is 2.13. The summed E-state index contributed by atoms with van der Waals surface area (Å²) in [5.41, 5.74) is 0.829. The number of hydrogen-bond donors (Lipinski definition) is 2. The van der Waals surface area contributed by atoms with Gasteiger partial charge in [-0.2, -0.15) is 0 Å². The number of nitrogens with one attached hydrogen (secondary N) is 2. The van der Waals surface area contributed by atoms with Crippen LogP contribution in [-0.2, 0) is 11.3 Å². The van der Waals surface area contributed by atoms with Gasteiger partial charge >= 0.3 is 0 Å². The molecular formula is C13H14N4O3S. The fourth-order valence-electron chi connectivity index (χ4n) is 1.62. The lowest BCUT2D eigenvalue weighted by Gasteiger charge is -2.09. The van der Waals surface area contributed by atoms with Gasteiger partial charge < -0.3 is 15.1 Å². The molecule has 0 radical (unpaired) electrons. The summed E-state index contributed by atoms with van der Waals surface area (Å²) in [5, 5.41) is 13.3. The Bertz CT molecular complexity index is 656. The van der Waals surface area contributed by atoms with Gasteiger partial charge in [0, 0.05) is 6.92 Å². The summed E-state index contributed by atoms with van der Waals surface area (Å²) in [4.78, 5) is 23.3. The molecule has 0 unspecified atom stereocenters. The number of anilines is 1. The lowest BCUT2D eigenvalue weighted by atomic mass is 10.1. The summed E-state index contributed by atoms with van der Waals surface area (Å²) in [6.07, 6.45) is 1.82. The maximum absolute atomic E-state index is 12.1. The second-order valence-corrected chi connectivity index (χ2v) is 4.83. The molecule has 0 fully saturated rings. The van der Waals surface area contributed by atoms with Gasteiger partial charge in [0.25, 0.3) is 11.1 Å². The molecule has 0 saturated heterocycles. The number of carbonyl (C=O) groups is 2. The van der Waals surface area contributed by atoms with Gasteiger partial charge in [-0.1, -0.05) is 23.9 Å². The molecule has 1 aromatic carbocycles. The first-order chi connectivity index (χ1) is 10.1. The van der Waals surface area contributed by atoms with Crippen molar-refractivity contribution in [3.63, 3.8) is 0 Å². The molecule has 2 amide bonds. The van der Waals surface area contributed by atoms with Crippen molar-refractivity contribution in [1.29, 1.82) is 0 Å². The van der Waals surface area contributed by atoms with E-state index < -0.39 is 0 Å². The van der Waals surface area contributed by atoms with Crippen LogP contribution in [0.4, 0.5) is 5.69 Å². The van der Waals surface area contributed by atoms with E-state index in [2.05, 4.69) is 20.8 Å². The lowest BCUT2D eigenvalue weighted by molar-refractivity contribution is -0.114. The minimum atomic E-state index is -0.330. The lowest BCUT2D eigenvalue weighted by Crippen LogP contribution is -2.24. The number of thioether (sulfide) groups is 1. The van der Waals surface area contributed by atoms with E-state index in [-0.39, 0.29) is 18.4 Å². The smallest absolute Gasteiger partial charge is 0.276 e. The van der Waals surface area contributed by atoms with Crippen molar-refractivity contribution in [2.45, 2.75) is 18.7 Å². The summed E-state index contributed by atoms with van der Waals surface area (Å²) in [6, 6.07) is 6.75. The van der Waals surface area contributed by atoms with Crippen LogP contribution in [0.15, 0.2) is 33.9 Å². The highest BCUT2D eigenvalue weighted by Crippen LogP contribution is 2.15. The van der Waals surface area contributed by atoms with Gasteiger partial charge in [-0.3, -0.25) is 9.59 Å². The summed E-state index contributed by atoms with van der Waals surface area (Å²) in [5.74, 6) is -0.246. The average Bonchev–Trinajstić information content (AvgIpc) is 2.93. The van der Waals surface area contributed by atoms with E-state index in [1.165, 1.54) is 18.7 Å². The van der Waals surface area contributed by atoms with Crippen LogP contribution >= 0.6 is 11.8 Å². The highest BCUT2D eigenvalue weighted by molar-refractivity contribution is 7.98. The molecule has 2 rings (SSSR count). The van der Waals surface area contributed by atoms with Gasteiger partial charge in [-0.25, -0.2) is 0 Å². The van der Waals surface area contributed by atoms with Crippen LogP contribution in [0.5, 0.6) is 0 Å². The Labute approximate surface area is 125 Å². The minimum absolute atomic E-state index is 0.126. The number of carbonyl (C=O) groups excluding carboxylic acids is 2. The van der Waals surface area contributed by atoms with Crippen LogP contribution < -0.4 is 10.6 Å². The Balaban J connectivity index is 2.04. The standard InChI is InChI=1S/C13H14N4O3S/c1-8(18)15-10-6-4-3-5-9(10)12(19)14-7-11-16-17-13(20-11)21-2/h3-6H,7H2,1-2H3,(H,14,19)(H,15,18). The Kier molecular flexibility index (Phi) is 4.94. The Morgan fingerprint density at radius 2 is 2.05 bits per heavy atom. The Morgan fingerprint density at radius 1 is 1.29 bits per heavy atom. The van der Waals surface area contributed by atoms with Crippen LogP contribution in [-0.4, -0.2) is 28.3 Å². The molecule has 0 aliphatic rings. The third-order valence-corrected chi connectivity index (χ3v) is 3.02. The van der Waals surface area contributed by atoms with Crippen LogP contribution in [0.3, 0.4) is 0 Å². The van der Waals surface area contributed by atoms with E-state index in [1.54, 1.807) is 24.3 Å². The molecule has 8 heteroatoms. The van der Waals surface area contributed by atoms with Crippen molar-refractivity contribution >= 4 is 29.3 Å². The van der Waals surface area contributed by atoms with E-state index >= 15 is 0 Å². The fraction of sp³-hybridized carbons (Fsp3) is 0.231. The molecule has 7 nitrogen and oxygen atoms in total. The number of para-hydroxylation sites is 1. The number of rotatable bonds is 5. The molecule has 110 valence electrons. The first-order valence-corrected chi connectivity index (χ1v) is 7.34. The maximum atomic E-state index is 12.1. The molecule has 2 N–H and O–H groups in total. The van der Waals surface area contributed by atoms with Crippen molar-refractivity contribution in [1.82, 2.24) is 15.5 Å². The van der Waals surface area contributed by atoms with E-state index in [0.717, 1.165) is 0 Å². The zero-order valence-electron chi connectivity index (χ0n) is 11.5.